The Labute approximate surface area is 129 Å². The number of hydrogen-bond acceptors (Lipinski definition) is 3. The second-order valence-electron chi connectivity index (χ2n) is 4.65. The van der Waals surface area contributed by atoms with Gasteiger partial charge in [0.05, 0.1) is 6.04 Å². The molecule has 0 radical (unpaired) electrons. The molecule has 2 atom stereocenters. The highest BCUT2D eigenvalue weighted by Gasteiger charge is 2.26. The second-order valence-corrected chi connectivity index (χ2v) is 5.43. The Kier molecular flexibility index (Phi) is 5.57. The van der Waals surface area contributed by atoms with E-state index in [4.69, 9.17) is 0 Å². The van der Waals surface area contributed by atoms with Crippen LogP contribution in [0, 0.1) is 0 Å². The first-order valence-corrected chi connectivity index (χ1v) is 7.42. The number of hydrogen-bond donors (Lipinski definition) is 2. The van der Waals surface area contributed by atoms with E-state index in [0.29, 0.717) is 5.56 Å². The van der Waals surface area contributed by atoms with Gasteiger partial charge in [-0.2, -0.15) is 20.1 Å². The highest BCUT2D eigenvalue weighted by atomic mass is 32.1. The molecule has 0 spiro atoms. The molecule has 0 saturated carbocycles. The Morgan fingerprint density at radius 1 is 1.18 bits per heavy atom. The van der Waals surface area contributed by atoms with Crippen molar-refractivity contribution in [3.63, 3.8) is 0 Å². The van der Waals surface area contributed by atoms with Gasteiger partial charge in [0.1, 0.15) is 12.8 Å². The lowest BCUT2D eigenvalue weighted by Crippen LogP contribution is -2.43. The molecule has 0 fully saturated rings. The van der Waals surface area contributed by atoms with Crippen molar-refractivity contribution in [2.24, 2.45) is 0 Å². The summed E-state index contributed by atoms with van der Waals surface area (Å²) in [4.78, 5) is 10.9. The zero-order chi connectivity index (χ0) is 16.1. The van der Waals surface area contributed by atoms with Gasteiger partial charge >= 0.3 is 6.43 Å². The number of alkyl halides is 3. The Balaban J connectivity index is 2.10. The van der Waals surface area contributed by atoms with E-state index in [1.54, 1.807) is 40.9 Å². The minimum absolute atomic E-state index is 0.344. The third-order valence-electron chi connectivity index (χ3n) is 3.18. The average Bonchev–Trinajstić information content (AvgIpc) is 3.06. The van der Waals surface area contributed by atoms with Crippen molar-refractivity contribution in [3.8, 4) is 11.1 Å². The average molecular weight is 329 g/mol. The molecule has 118 valence electrons. The van der Waals surface area contributed by atoms with E-state index < -0.39 is 31.2 Å². The van der Waals surface area contributed by atoms with Crippen molar-refractivity contribution >= 4 is 17.2 Å². The predicted molar refractivity (Wildman–Crippen MR) is 78.6 cm³/mol. The molecule has 2 rings (SSSR count). The number of halogens is 3. The fourth-order valence-corrected chi connectivity index (χ4v) is 2.65. The number of carbonyl (C=O) groups excluding carboxylic acids is 1. The van der Waals surface area contributed by atoms with Gasteiger partial charge in [0, 0.05) is 0 Å². The molecule has 2 N–H and O–H groups in total. The van der Waals surface area contributed by atoms with Crippen LogP contribution in [0.25, 0.3) is 11.1 Å². The number of carbonyl (C=O) groups is 1. The monoisotopic (exact) mass is 329 g/mol. The molecular weight excluding hydrogens is 315 g/mol. The summed E-state index contributed by atoms with van der Waals surface area (Å²) >= 11 is 1.55. The van der Waals surface area contributed by atoms with Gasteiger partial charge in [-0.15, -0.1) is 0 Å². The predicted octanol–water partition coefficient (Wildman–Crippen LogP) is 3.17. The van der Waals surface area contributed by atoms with E-state index in [0.717, 1.165) is 11.1 Å². The SMILES string of the molecule is O=C(NC(CF)C(O)c1ccc(-c2ccsc2)cc1)C(F)F. The lowest BCUT2D eigenvalue weighted by atomic mass is 10.00. The maximum atomic E-state index is 12.9. The van der Waals surface area contributed by atoms with E-state index >= 15 is 0 Å². The quantitative estimate of drug-likeness (QED) is 0.855. The summed E-state index contributed by atoms with van der Waals surface area (Å²) in [6.45, 7) is -1.15. The van der Waals surface area contributed by atoms with Gasteiger partial charge in [-0.1, -0.05) is 24.3 Å². The molecule has 0 aliphatic heterocycles. The van der Waals surface area contributed by atoms with Gasteiger partial charge in [0.25, 0.3) is 5.91 Å². The van der Waals surface area contributed by atoms with Crippen molar-refractivity contribution < 1.29 is 23.1 Å². The summed E-state index contributed by atoms with van der Waals surface area (Å²) in [5, 5.41) is 15.7. The third kappa shape index (κ3) is 3.86. The summed E-state index contributed by atoms with van der Waals surface area (Å²) in [6.07, 6.45) is -4.65. The smallest absolute Gasteiger partial charge is 0.315 e. The molecule has 0 aliphatic rings. The highest BCUT2D eigenvalue weighted by molar-refractivity contribution is 7.08. The first kappa shape index (κ1) is 16.5. The summed E-state index contributed by atoms with van der Waals surface area (Å²) in [5.41, 5.74) is 2.28. The number of aliphatic hydroxyl groups excluding tert-OH is 1. The molecule has 1 aromatic carbocycles. The maximum Gasteiger partial charge on any atom is 0.315 e. The number of nitrogens with one attached hydrogen (secondary N) is 1. The van der Waals surface area contributed by atoms with Crippen molar-refractivity contribution in [2.75, 3.05) is 6.67 Å². The van der Waals surface area contributed by atoms with Crippen LogP contribution in [-0.2, 0) is 4.79 Å². The lowest BCUT2D eigenvalue weighted by molar-refractivity contribution is -0.133. The van der Waals surface area contributed by atoms with E-state index in [9.17, 15) is 23.1 Å². The minimum Gasteiger partial charge on any atom is -0.386 e. The van der Waals surface area contributed by atoms with Gasteiger partial charge in [-0.3, -0.25) is 4.79 Å². The Hall–Kier alpha value is -1.86. The molecule has 1 aromatic heterocycles. The van der Waals surface area contributed by atoms with Crippen LogP contribution in [0.1, 0.15) is 11.7 Å². The summed E-state index contributed by atoms with van der Waals surface area (Å²) < 4.78 is 37.3. The molecule has 7 heteroatoms. The molecule has 2 aromatic rings. The summed E-state index contributed by atoms with van der Waals surface area (Å²) in [7, 11) is 0. The van der Waals surface area contributed by atoms with Crippen LogP contribution < -0.4 is 5.32 Å². The van der Waals surface area contributed by atoms with Gasteiger partial charge in [-0.05, 0) is 33.5 Å². The fourth-order valence-electron chi connectivity index (χ4n) is 1.98. The topological polar surface area (TPSA) is 49.3 Å². The highest BCUT2D eigenvalue weighted by Crippen LogP contribution is 2.25. The first-order valence-electron chi connectivity index (χ1n) is 6.48. The van der Waals surface area contributed by atoms with Gasteiger partial charge in [-0.25, -0.2) is 4.39 Å². The Morgan fingerprint density at radius 2 is 1.86 bits per heavy atom. The molecule has 0 bridgehead atoms. The van der Waals surface area contributed by atoms with E-state index in [1.165, 1.54) is 0 Å². The molecular formula is C15H14F3NO2S. The van der Waals surface area contributed by atoms with Crippen molar-refractivity contribution in [3.05, 3.63) is 46.7 Å². The van der Waals surface area contributed by atoms with Crippen LogP contribution in [-0.4, -0.2) is 30.2 Å². The van der Waals surface area contributed by atoms with E-state index in [-0.39, 0.29) is 0 Å². The molecule has 22 heavy (non-hydrogen) atoms. The van der Waals surface area contributed by atoms with Gasteiger partial charge < -0.3 is 10.4 Å². The van der Waals surface area contributed by atoms with E-state index in [1.807, 2.05) is 16.8 Å². The Morgan fingerprint density at radius 3 is 2.36 bits per heavy atom. The second kappa shape index (κ2) is 7.42. The van der Waals surface area contributed by atoms with Crippen molar-refractivity contribution in [1.82, 2.24) is 5.32 Å². The molecule has 2 unspecified atom stereocenters. The van der Waals surface area contributed by atoms with Crippen LogP contribution >= 0.6 is 11.3 Å². The number of rotatable bonds is 6. The summed E-state index contributed by atoms with van der Waals surface area (Å²) in [5.74, 6) is -1.60. The van der Waals surface area contributed by atoms with Crippen molar-refractivity contribution in [2.45, 2.75) is 18.6 Å². The number of thiophene rings is 1. The van der Waals surface area contributed by atoms with Gasteiger partial charge in [0.15, 0.2) is 0 Å². The Bertz CT molecular complexity index is 602. The third-order valence-corrected chi connectivity index (χ3v) is 3.86. The normalized spacial score (nSPS) is 13.9. The van der Waals surface area contributed by atoms with Crippen LogP contribution in [0.5, 0.6) is 0 Å². The van der Waals surface area contributed by atoms with Crippen molar-refractivity contribution in [1.29, 1.82) is 0 Å². The number of benzene rings is 1. The lowest BCUT2D eigenvalue weighted by Gasteiger charge is -2.21. The minimum atomic E-state index is -3.25. The van der Waals surface area contributed by atoms with Gasteiger partial charge in [0.2, 0.25) is 0 Å². The molecule has 1 amide bonds. The number of amides is 1. The molecule has 0 aliphatic carbocycles. The fraction of sp³-hybridized carbons (Fsp3) is 0.267. The zero-order valence-corrected chi connectivity index (χ0v) is 12.2. The maximum absolute atomic E-state index is 12.9. The molecule has 1 heterocycles. The molecule has 3 nitrogen and oxygen atoms in total. The van der Waals surface area contributed by atoms with Crippen LogP contribution in [0.2, 0.25) is 0 Å². The summed E-state index contributed by atoms with van der Waals surface area (Å²) in [6, 6.07) is 7.16. The van der Waals surface area contributed by atoms with E-state index in [2.05, 4.69) is 0 Å². The number of aliphatic hydroxyl groups is 1. The van der Waals surface area contributed by atoms with Crippen LogP contribution in [0.4, 0.5) is 13.2 Å². The molecule has 0 saturated heterocycles. The van der Waals surface area contributed by atoms with Crippen LogP contribution in [0.15, 0.2) is 41.1 Å². The zero-order valence-electron chi connectivity index (χ0n) is 11.4. The largest absolute Gasteiger partial charge is 0.386 e. The standard InChI is InChI=1S/C15H14F3NO2S/c16-7-12(19-15(21)14(17)18)13(20)10-3-1-9(2-4-10)11-5-6-22-8-11/h1-6,8,12-14,20H,7H2,(H,19,21). The first-order chi connectivity index (χ1) is 10.5. The van der Waals surface area contributed by atoms with Crippen LogP contribution in [0.3, 0.4) is 0 Å².